The van der Waals surface area contributed by atoms with Gasteiger partial charge in [0.1, 0.15) is 0 Å². The van der Waals surface area contributed by atoms with Gasteiger partial charge in [-0.15, -0.1) is 0 Å². The number of nitrogens with zero attached hydrogens (tertiary/aromatic N) is 1. The number of allylic oxidation sites excluding steroid dienone is 1. The van der Waals surface area contributed by atoms with Gasteiger partial charge < -0.3 is 20.1 Å². The van der Waals surface area contributed by atoms with Crippen LogP contribution in [0.1, 0.15) is 87.6 Å². The zero-order valence-electron chi connectivity index (χ0n) is 31.7. The first-order valence-corrected chi connectivity index (χ1v) is 20.1. The lowest BCUT2D eigenvalue weighted by Crippen LogP contribution is -2.32. The first-order chi connectivity index (χ1) is 27.0. The van der Waals surface area contributed by atoms with Crippen LogP contribution in [0.2, 0.25) is 0 Å². The van der Waals surface area contributed by atoms with Crippen LogP contribution in [-0.2, 0) is 37.1 Å². The van der Waals surface area contributed by atoms with Crippen LogP contribution in [0.15, 0.2) is 124 Å². The summed E-state index contributed by atoms with van der Waals surface area (Å²) in [5, 5.41) is 6.00. The molecule has 0 radical (unpaired) electrons. The van der Waals surface area contributed by atoms with Crippen molar-refractivity contribution in [1.82, 2.24) is 5.32 Å². The second-order valence-corrected chi connectivity index (χ2v) is 15.6. The van der Waals surface area contributed by atoms with Crippen molar-refractivity contribution in [3.05, 3.63) is 147 Å². The number of amides is 2. The van der Waals surface area contributed by atoms with Crippen LogP contribution in [0, 0.1) is 0 Å². The number of carbonyl (C=O) groups excluding carboxylic acids is 4. The summed E-state index contributed by atoms with van der Waals surface area (Å²) in [7, 11) is -1.47. The number of hydrogen-bond acceptors (Lipinski definition) is 8. The minimum absolute atomic E-state index is 0.0636. The third kappa shape index (κ3) is 8.92. The molecule has 4 aromatic rings. The number of methoxy groups -OCH3 is 2. The summed E-state index contributed by atoms with van der Waals surface area (Å²) >= 11 is 0. The van der Waals surface area contributed by atoms with Gasteiger partial charge in [0.15, 0.2) is 0 Å². The van der Waals surface area contributed by atoms with Gasteiger partial charge in [-0.2, -0.15) is 0 Å². The fourth-order valence-corrected chi connectivity index (χ4v) is 8.70. The summed E-state index contributed by atoms with van der Waals surface area (Å²) in [4.78, 5) is 51.3. The molecule has 0 heterocycles. The molecule has 11 nitrogen and oxygen atoms in total. The maximum Gasteiger partial charge on any atom is 0.337 e. The van der Waals surface area contributed by atoms with Crippen molar-refractivity contribution in [2.75, 3.05) is 30.4 Å². The minimum Gasteiger partial charge on any atom is -0.465 e. The molecule has 4 aromatic carbocycles. The number of ether oxygens (including phenoxy) is 2. The van der Waals surface area contributed by atoms with E-state index in [2.05, 4.69) is 10.6 Å². The van der Waals surface area contributed by atoms with Crippen LogP contribution >= 0.6 is 0 Å². The number of esters is 2. The Labute approximate surface area is 327 Å². The molecule has 0 saturated carbocycles. The Hall–Kier alpha value is -6.01. The van der Waals surface area contributed by atoms with Crippen LogP contribution in [0.25, 0.3) is 0 Å². The van der Waals surface area contributed by atoms with Gasteiger partial charge in [0, 0.05) is 29.9 Å². The first-order valence-electron chi connectivity index (χ1n) is 18.7. The SMILES string of the molecule is CCCN(c1ccc(C(=O)OC)cc1)S(=O)(=O)c1cccc(C(=O)NC2=C(C(=O)Nc3ccc(CCc4ccc(C(=O)OC)cc4)cc3)C3=C(CCCC3)C2)c1. The van der Waals surface area contributed by atoms with Crippen molar-refractivity contribution in [3.8, 4) is 0 Å². The zero-order valence-corrected chi connectivity index (χ0v) is 32.5. The molecule has 0 atom stereocenters. The van der Waals surface area contributed by atoms with E-state index < -0.39 is 21.9 Å². The number of benzene rings is 4. The highest BCUT2D eigenvalue weighted by atomic mass is 32.2. The van der Waals surface area contributed by atoms with E-state index in [1.54, 1.807) is 30.3 Å². The predicted octanol–water partition coefficient (Wildman–Crippen LogP) is 7.55. The van der Waals surface area contributed by atoms with Crippen molar-refractivity contribution in [3.63, 3.8) is 0 Å². The lowest BCUT2D eigenvalue weighted by atomic mass is 9.90. The Morgan fingerprint density at radius 3 is 1.89 bits per heavy atom. The van der Waals surface area contributed by atoms with E-state index in [1.807, 2.05) is 43.3 Å². The molecule has 2 amide bonds. The molecular formula is C44H45N3O8S. The Kier molecular flexibility index (Phi) is 12.5. The van der Waals surface area contributed by atoms with E-state index >= 15 is 0 Å². The molecular weight excluding hydrogens is 731 g/mol. The summed E-state index contributed by atoms with van der Waals surface area (Å²) in [5.74, 6) is -1.73. The normalized spacial score (nSPS) is 13.8. The van der Waals surface area contributed by atoms with Crippen molar-refractivity contribution in [2.24, 2.45) is 0 Å². The smallest absolute Gasteiger partial charge is 0.337 e. The average Bonchev–Trinajstić information content (AvgIpc) is 3.60. The highest BCUT2D eigenvalue weighted by molar-refractivity contribution is 7.92. The van der Waals surface area contributed by atoms with Gasteiger partial charge >= 0.3 is 11.9 Å². The topological polar surface area (TPSA) is 148 Å². The number of sulfonamides is 1. The van der Waals surface area contributed by atoms with Crippen LogP contribution in [0.5, 0.6) is 0 Å². The number of nitrogens with one attached hydrogen (secondary N) is 2. The van der Waals surface area contributed by atoms with Gasteiger partial charge in [-0.05, 0) is 128 Å². The van der Waals surface area contributed by atoms with Crippen LogP contribution < -0.4 is 14.9 Å². The molecule has 2 aliphatic rings. The van der Waals surface area contributed by atoms with E-state index in [-0.39, 0.29) is 28.9 Å². The average molecular weight is 776 g/mol. The molecule has 2 aliphatic carbocycles. The summed E-state index contributed by atoms with van der Waals surface area (Å²) in [6.45, 7) is 2.04. The second-order valence-electron chi connectivity index (χ2n) is 13.8. The van der Waals surface area contributed by atoms with E-state index in [9.17, 15) is 27.6 Å². The number of carbonyl (C=O) groups is 4. The van der Waals surface area contributed by atoms with Crippen molar-refractivity contribution < 1.29 is 37.1 Å². The molecule has 0 aromatic heterocycles. The fraction of sp³-hybridized carbons (Fsp3) is 0.273. The van der Waals surface area contributed by atoms with Gasteiger partial charge in [-0.1, -0.05) is 42.8 Å². The van der Waals surface area contributed by atoms with E-state index in [4.69, 9.17) is 9.47 Å². The maximum absolute atomic E-state index is 14.0. The molecule has 0 bridgehead atoms. The molecule has 0 aliphatic heterocycles. The number of hydrogen-bond donors (Lipinski definition) is 2. The lowest BCUT2D eigenvalue weighted by Gasteiger charge is -2.24. The molecule has 0 spiro atoms. The van der Waals surface area contributed by atoms with Crippen LogP contribution in [0.4, 0.5) is 11.4 Å². The van der Waals surface area contributed by atoms with E-state index in [0.717, 1.165) is 60.8 Å². The van der Waals surface area contributed by atoms with Crippen LogP contribution in [0.3, 0.4) is 0 Å². The van der Waals surface area contributed by atoms with E-state index in [1.165, 1.54) is 48.9 Å². The molecule has 0 saturated heterocycles. The van der Waals surface area contributed by atoms with Gasteiger partial charge in [-0.25, -0.2) is 18.0 Å². The molecule has 0 unspecified atom stereocenters. The lowest BCUT2D eigenvalue weighted by molar-refractivity contribution is -0.112. The standard InChI is InChI=1S/C44H45N3O8S/c1-4-26-47(36-24-20-32(21-25-36)44(51)55-3)56(52,53)37-10-7-9-34(27-37)41(48)46-39-28-33-8-5-6-11-38(33)40(39)42(49)45-35-22-16-30(17-23-35)13-12-29-14-18-31(19-15-29)43(50)54-2/h7,9-10,14-25,27H,4-6,8,11-13,26,28H2,1-3H3,(H,45,49)(H,46,48). The van der Waals surface area contributed by atoms with Gasteiger partial charge in [0.05, 0.1) is 41.5 Å². The molecule has 2 N–H and O–H groups in total. The summed E-state index contributed by atoms with van der Waals surface area (Å²) < 4.78 is 38.8. The quantitative estimate of drug-likeness (QED) is 0.125. The first kappa shape index (κ1) is 39.7. The zero-order chi connectivity index (χ0) is 39.8. The Balaban J connectivity index is 1.17. The van der Waals surface area contributed by atoms with Gasteiger partial charge in [0.2, 0.25) is 0 Å². The molecule has 12 heteroatoms. The Morgan fingerprint density at radius 2 is 1.29 bits per heavy atom. The molecule has 6 rings (SSSR count). The maximum atomic E-state index is 14.0. The summed E-state index contributed by atoms with van der Waals surface area (Å²) in [6.07, 6.45) is 6.03. The summed E-state index contributed by atoms with van der Waals surface area (Å²) in [5.41, 5.74) is 7.16. The fourth-order valence-electron chi connectivity index (χ4n) is 7.10. The van der Waals surface area contributed by atoms with Crippen molar-refractivity contribution in [2.45, 2.75) is 63.2 Å². The second kappa shape index (κ2) is 17.6. The minimum atomic E-state index is -4.10. The third-order valence-corrected chi connectivity index (χ3v) is 11.9. The van der Waals surface area contributed by atoms with Gasteiger partial charge in [-0.3, -0.25) is 13.9 Å². The molecule has 0 fully saturated rings. The highest BCUT2D eigenvalue weighted by Crippen LogP contribution is 2.41. The number of rotatable bonds is 14. The number of anilines is 2. The molecule has 290 valence electrons. The van der Waals surface area contributed by atoms with Crippen LogP contribution in [-0.4, -0.2) is 52.9 Å². The van der Waals surface area contributed by atoms with Crippen molar-refractivity contribution in [1.29, 1.82) is 0 Å². The Bertz CT molecular complexity index is 2300. The summed E-state index contributed by atoms with van der Waals surface area (Å²) in [6, 6.07) is 27.0. The highest BCUT2D eigenvalue weighted by Gasteiger charge is 2.32. The van der Waals surface area contributed by atoms with Crippen molar-refractivity contribution >= 4 is 45.2 Å². The Morgan fingerprint density at radius 1 is 0.696 bits per heavy atom. The van der Waals surface area contributed by atoms with Gasteiger partial charge in [0.25, 0.3) is 21.8 Å². The third-order valence-electron chi connectivity index (χ3n) is 10.0. The monoisotopic (exact) mass is 775 g/mol. The predicted molar refractivity (Wildman–Crippen MR) is 214 cm³/mol. The largest absolute Gasteiger partial charge is 0.465 e. The number of aryl methyl sites for hydroxylation is 2. The molecule has 56 heavy (non-hydrogen) atoms. The van der Waals surface area contributed by atoms with E-state index in [0.29, 0.717) is 46.6 Å².